The fraction of sp³-hybridized carbons (Fsp3) is 0.235. The first-order valence-electron chi connectivity index (χ1n) is 6.72. The van der Waals surface area contributed by atoms with Gasteiger partial charge in [0.15, 0.2) is 0 Å². The summed E-state index contributed by atoms with van der Waals surface area (Å²) >= 11 is 0. The van der Waals surface area contributed by atoms with Crippen LogP contribution >= 0.6 is 0 Å². The average Bonchev–Trinajstić information content (AvgIpc) is 2.53. The van der Waals surface area contributed by atoms with E-state index in [2.05, 4.69) is 11.4 Å². The van der Waals surface area contributed by atoms with Crippen LogP contribution in [-0.4, -0.2) is 20.2 Å². The summed E-state index contributed by atoms with van der Waals surface area (Å²) in [5.41, 5.74) is 3.55. The molecule has 0 fully saturated rings. The van der Waals surface area contributed by atoms with Crippen molar-refractivity contribution >= 4 is 11.7 Å². The fourth-order valence-corrected chi connectivity index (χ4v) is 2.12. The molecule has 2 rings (SSSR count). The molecule has 0 spiro atoms. The molecule has 0 radical (unpaired) electrons. The number of anilines is 1. The molecule has 0 aromatic heterocycles. The highest BCUT2D eigenvalue weighted by molar-refractivity contribution is 5.95. The Labute approximate surface area is 124 Å². The number of nitrogens with one attached hydrogen (secondary N) is 1. The Bertz CT molecular complexity index is 610. The molecular weight excluding hydrogens is 266 g/mol. The molecule has 0 atom stereocenters. The van der Waals surface area contributed by atoms with Crippen LogP contribution in [0.4, 0.5) is 5.69 Å². The summed E-state index contributed by atoms with van der Waals surface area (Å²) in [4.78, 5) is 11.7. The number of esters is 1. The summed E-state index contributed by atoms with van der Waals surface area (Å²) in [7, 11) is 3.06. The van der Waals surface area contributed by atoms with Crippen LogP contribution in [0.1, 0.15) is 21.5 Å². The highest BCUT2D eigenvalue weighted by Gasteiger charge is 2.10. The monoisotopic (exact) mass is 285 g/mol. The molecule has 4 heteroatoms. The maximum atomic E-state index is 11.7. The van der Waals surface area contributed by atoms with Gasteiger partial charge in [-0.25, -0.2) is 4.79 Å². The van der Waals surface area contributed by atoms with Crippen LogP contribution in [0.5, 0.6) is 0 Å². The smallest absolute Gasteiger partial charge is 0.339 e. The number of benzene rings is 2. The van der Waals surface area contributed by atoms with Crippen molar-refractivity contribution in [2.75, 3.05) is 19.5 Å². The van der Waals surface area contributed by atoms with Crippen LogP contribution in [-0.2, 0) is 22.6 Å². The van der Waals surface area contributed by atoms with E-state index >= 15 is 0 Å². The van der Waals surface area contributed by atoms with Crippen LogP contribution in [0.3, 0.4) is 0 Å². The van der Waals surface area contributed by atoms with Crippen molar-refractivity contribution in [3.8, 4) is 0 Å². The van der Waals surface area contributed by atoms with E-state index < -0.39 is 0 Å². The molecule has 1 N–H and O–H groups in total. The lowest BCUT2D eigenvalue weighted by Crippen LogP contribution is -2.08. The largest absolute Gasteiger partial charge is 0.465 e. The van der Waals surface area contributed by atoms with E-state index in [4.69, 9.17) is 9.47 Å². The number of para-hydroxylation sites is 1. The maximum absolute atomic E-state index is 11.7. The first kappa shape index (κ1) is 15.1. The summed E-state index contributed by atoms with van der Waals surface area (Å²) in [6, 6.07) is 15.4. The average molecular weight is 285 g/mol. The van der Waals surface area contributed by atoms with Crippen molar-refractivity contribution < 1.29 is 14.3 Å². The molecule has 2 aromatic carbocycles. The van der Waals surface area contributed by atoms with Crippen molar-refractivity contribution in [2.45, 2.75) is 13.2 Å². The number of ether oxygens (including phenoxy) is 2. The first-order valence-corrected chi connectivity index (χ1v) is 6.72. The summed E-state index contributed by atoms with van der Waals surface area (Å²) in [5, 5.41) is 3.27. The Hall–Kier alpha value is -2.33. The second kappa shape index (κ2) is 7.45. The predicted octanol–water partition coefficient (Wildman–Crippen LogP) is 3.23. The minimum absolute atomic E-state index is 0.341. The molecule has 0 unspecified atom stereocenters. The minimum Gasteiger partial charge on any atom is -0.465 e. The van der Waals surface area contributed by atoms with E-state index in [0.717, 1.165) is 16.8 Å². The van der Waals surface area contributed by atoms with Gasteiger partial charge in [0, 0.05) is 19.3 Å². The van der Waals surface area contributed by atoms with Gasteiger partial charge in [-0.1, -0.05) is 36.4 Å². The standard InChI is InChI=1S/C17H19NO3/c1-20-12-14-7-5-6-13(10-14)11-18-16-9-4-3-8-15(16)17(19)21-2/h3-10,18H,11-12H2,1-2H3. The van der Waals surface area contributed by atoms with Gasteiger partial charge in [0.2, 0.25) is 0 Å². The van der Waals surface area contributed by atoms with E-state index in [9.17, 15) is 4.79 Å². The molecule has 4 nitrogen and oxygen atoms in total. The zero-order valence-corrected chi connectivity index (χ0v) is 12.3. The molecule has 0 saturated heterocycles. The lowest BCUT2D eigenvalue weighted by atomic mass is 10.1. The molecule has 0 heterocycles. The van der Waals surface area contributed by atoms with Gasteiger partial charge in [-0.05, 0) is 23.3 Å². The number of hydrogen-bond donors (Lipinski definition) is 1. The normalized spacial score (nSPS) is 10.2. The molecule has 0 amide bonds. The van der Waals surface area contributed by atoms with Crippen LogP contribution in [0.15, 0.2) is 48.5 Å². The SMILES string of the molecule is COCc1cccc(CNc2ccccc2C(=O)OC)c1. The van der Waals surface area contributed by atoms with Crippen molar-refractivity contribution in [3.05, 3.63) is 65.2 Å². The first-order chi connectivity index (χ1) is 10.2. The third-order valence-corrected chi connectivity index (χ3v) is 3.12. The second-order valence-corrected chi connectivity index (χ2v) is 4.64. The lowest BCUT2D eigenvalue weighted by Gasteiger charge is -2.11. The van der Waals surface area contributed by atoms with E-state index in [1.165, 1.54) is 7.11 Å². The molecule has 2 aromatic rings. The summed E-state index contributed by atoms with van der Waals surface area (Å²) < 4.78 is 9.91. The third-order valence-electron chi connectivity index (χ3n) is 3.12. The number of methoxy groups -OCH3 is 2. The van der Waals surface area contributed by atoms with E-state index in [0.29, 0.717) is 18.7 Å². The topological polar surface area (TPSA) is 47.6 Å². The Morgan fingerprint density at radius 1 is 1.05 bits per heavy atom. The lowest BCUT2D eigenvalue weighted by molar-refractivity contribution is 0.0602. The van der Waals surface area contributed by atoms with Crippen LogP contribution < -0.4 is 5.32 Å². The van der Waals surface area contributed by atoms with E-state index in [-0.39, 0.29) is 5.97 Å². The van der Waals surface area contributed by atoms with Gasteiger partial charge in [-0.15, -0.1) is 0 Å². The Kier molecular flexibility index (Phi) is 5.35. The molecule has 0 aliphatic carbocycles. The van der Waals surface area contributed by atoms with Crippen molar-refractivity contribution in [2.24, 2.45) is 0 Å². The van der Waals surface area contributed by atoms with Crippen molar-refractivity contribution in [3.63, 3.8) is 0 Å². The molecule has 110 valence electrons. The molecular formula is C17H19NO3. The third kappa shape index (κ3) is 4.07. The summed E-state index contributed by atoms with van der Waals surface area (Å²) in [6.45, 7) is 1.22. The van der Waals surface area contributed by atoms with Gasteiger partial charge in [0.1, 0.15) is 0 Å². The van der Waals surface area contributed by atoms with Crippen LogP contribution in [0.25, 0.3) is 0 Å². The minimum atomic E-state index is -0.341. The highest BCUT2D eigenvalue weighted by atomic mass is 16.5. The Morgan fingerprint density at radius 2 is 1.81 bits per heavy atom. The quantitative estimate of drug-likeness (QED) is 0.828. The van der Waals surface area contributed by atoms with Gasteiger partial charge >= 0.3 is 5.97 Å². The Balaban J connectivity index is 2.09. The van der Waals surface area contributed by atoms with Crippen molar-refractivity contribution in [1.29, 1.82) is 0 Å². The van der Waals surface area contributed by atoms with E-state index in [1.54, 1.807) is 13.2 Å². The summed E-state index contributed by atoms with van der Waals surface area (Å²) in [5.74, 6) is -0.341. The zero-order valence-electron chi connectivity index (χ0n) is 12.3. The van der Waals surface area contributed by atoms with Crippen LogP contribution in [0.2, 0.25) is 0 Å². The predicted molar refractivity (Wildman–Crippen MR) is 82.3 cm³/mol. The zero-order chi connectivity index (χ0) is 15.1. The molecule has 0 aliphatic heterocycles. The fourth-order valence-electron chi connectivity index (χ4n) is 2.12. The summed E-state index contributed by atoms with van der Waals surface area (Å²) in [6.07, 6.45) is 0. The van der Waals surface area contributed by atoms with E-state index in [1.807, 2.05) is 36.4 Å². The molecule has 0 aliphatic rings. The van der Waals surface area contributed by atoms with Crippen molar-refractivity contribution in [1.82, 2.24) is 0 Å². The Morgan fingerprint density at radius 3 is 2.57 bits per heavy atom. The van der Waals surface area contributed by atoms with Gasteiger partial charge in [-0.3, -0.25) is 0 Å². The van der Waals surface area contributed by atoms with Gasteiger partial charge in [-0.2, -0.15) is 0 Å². The van der Waals surface area contributed by atoms with Gasteiger partial charge < -0.3 is 14.8 Å². The molecule has 21 heavy (non-hydrogen) atoms. The number of carbonyl (C=O) groups is 1. The highest BCUT2D eigenvalue weighted by Crippen LogP contribution is 2.17. The maximum Gasteiger partial charge on any atom is 0.339 e. The molecule has 0 bridgehead atoms. The number of carbonyl (C=O) groups excluding carboxylic acids is 1. The van der Waals surface area contributed by atoms with Gasteiger partial charge in [0.05, 0.1) is 19.3 Å². The number of hydrogen-bond acceptors (Lipinski definition) is 4. The van der Waals surface area contributed by atoms with Gasteiger partial charge in [0.25, 0.3) is 0 Å². The van der Waals surface area contributed by atoms with Crippen LogP contribution in [0, 0.1) is 0 Å². The number of rotatable bonds is 6. The second-order valence-electron chi connectivity index (χ2n) is 4.64. The molecule has 0 saturated carbocycles.